The van der Waals surface area contributed by atoms with Gasteiger partial charge in [0.05, 0.1) is 15.8 Å². The topological polar surface area (TPSA) is 97.6 Å². The number of hydrogen-bond donors (Lipinski definition) is 0. The molecule has 1 saturated carbocycles. The van der Waals surface area contributed by atoms with E-state index >= 15 is 0 Å². The van der Waals surface area contributed by atoms with Crippen LogP contribution in [0.25, 0.3) is 11.5 Å². The number of aromatic nitrogens is 1. The molecule has 1 aromatic heterocycles. The van der Waals surface area contributed by atoms with Gasteiger partial charge in [0.25, 0.3) is 0 Å². The fourth-order valence-corrected chi connectivity index (χ4v) is 5.95. The summed E-state index contributed by atoms with van der Waals surface area (Å²) in [6.45, 7) is 0.488. The van der Waals surface area contributed by atoms with Gasteiger partial charge in [0.1, 0.15) is 6.26 Å². The number of rotatable bonds is 6. The normalized spacial score (nSPS) is 21.1. The second kappa shape index (κ2) is 7.96. The molecule has 7 nitrogen and oxygen atoms in total. The van der Waals surface area contributed by atoms with Crippen LogP contribution in [-0.4, -0.2) is 57.6 Å². The first-order valence-corrected chi connectivity index (χ1v) is 13.0. The Labute approximate surface area is 166 Å². The Balaban J connectivity index is 1.73. The van der Waals surface area contributed by atoms with Crippen LogP contribution >= 0.6 is 0 Å². The number of benzene rings is 1. The van der Waals surface area contributed by atoms with Crippen molar-refractivity contribution in [1.82, 2.24) is 9.88 Å². The Bertz CT molecular complexity index is 1030. The van der Waals surface area contributed by atoms with E-state index in [2.05, 4.69) is 4.98 Å². The molecule has 2 aromatic rings. The highest BCUT2D eigenvalue weighted by Crippen LogP contribution is 2.29. The molecule has 0 radical (unpaired) electrons. The van der Waals surface area contributed by atoms with Gasteiger partial charge in [-0.15, -0.1) is 0 Å². The summed E-state index contributed by atoms with van der Waals surface area (Å²) < 4.78 is 53.0. The molecule has 1 fully saturated rings. The zero-order valence-electron chi connectivity index (χ0n) is 16.3. The minimum Gasteiger partial charge on any atom is -0.444 e. The van der Waals surface area contributed by atoms with Crippen LogP contribution in [0.2, 0.25) is 0 Å². The summed E-state index contributed by atoms with van der Waals surface area (Å²) in [5, 5.41) is -0.346. The molecule has 0 aliphatic heterocycles. The van der Waals surface area contributed by atoms with Crippen LogP contribution in [0.5, 0.6) is 0 Å². The van der Waals surface area contributed by atoms with Crippen molar-refractivity contribution >= 4 is 19.7 Å². The number of sulfone groups is 2. The van der Waals surface area contributed by atoms with Crippen LogP contribution in [0.1, 0.15) is 31.4 Å². The van der Waals surface area contributed by atoms with Crippen LogP contribution in [0.15, 0.2) is 39.8 Å². The van der Waals surface area contributed by atoms with Gasteiger partial charge < -0.3 is 4.42 Å². The fraction of sp³-hybridized carbons (Fsp3) is 0.526. The Morgan fingerprint density at radius 2 is 1.71 bits per heavy atom. The lowest BCUT2D eigenvalue weighted by atomic mass is 9.94. The maximum atomic E-state index is 12.1. The van der Waals surface area contributed by atoms with Crippen LogP contribution < -0.4 is 0 Å². The molecule has 2 atom stereocenters. The predicted molar refractivity (Wildman–Crippen MR) is 107 cm³/mol. The molecular formula is C19H26N2O5S2. The van der Waals surface area contributed by atoms with Gasteiger partial charge in [0.15, 0.2) is 19.7 Å². The summed E-state index contributed by atoms with van der Waals surface area (Å²) >= 11 is 0. The largest absolute Gasteiger partial charge is 0.444 e. The molecule has 3 rings (SSSR count). The Kier molecular flexibility index (Phi) is 5.97. The lowest BCUT2D eigenvalue weighted by Crippen LogP contribution is -2.46. The maximum absolute atomic E-state index is 12.1. The van der Waals surface area contributed by atoms with Gasteiger partial charge in [-0.3, -0.25) is 4.90 Å². The standard InChI is InChI=1S/C19H26N2O5S2/c1-21(17-6-4-5-7-18(17)28(3,24)25)12-15-13-26-19(20-15)14-8-10-16(11-9-14)27(2,22)23/h8-11,13,17-18H,4-7,12H2,1-3H3/t17-,18+/m0/s1. The summed E-state index contributed by atoms with van der Waals surface area (Å²) in [5.41, 5.74) is 1.40. The van der Waals surface area contributed by atoms with Gasteiger partial charge in [-0.2, -0.15) is 0 Å². The van der Waals surface area contributed by atoms with Gasteiger partial charge >= 0.3 is 0 Å². The first kappa shape index (κ1) is 21.0. The lowest BCUT2D eigenvalue weighted by Gasteiger charge is -2.36. The molecule has 0 unspecified atom stereocenters. The predicted octanol–water partition coefficient (Wildman–Crippen LogP) is 2.53. The van der Waals surface area contributed by atoms with Gasteiger partial charge in [-0.25, -0.2) is 21.8 Å². The SMILES string of the molecule is CN(Cc1coc(-c2ccc(S(C)(=O)=O)cc2)n1)[C@H]1CCCC[C@H]1S(C)(=O)=O. The first-order valence-electron chi connectivity index (χ1n) is 9.20. The first-order chi connectivity index (χ1) is 13.1. The summed E-state index contributed by atoms with van der Waals surface area (Å²) in [6, 6.07) is 6.35. The van der Waals surface area contributed by atoms with Crippen LogP contribution in [-0.2, 0) is 26.2 Å². The average Bonchev–Trinajstić information content (AvgIpc) is 3.09. The van der Waals surface area contributed by atoms with E-state index in [1.807, 2.05) is 11.9 Å². The van der Waals surface area contributed by atoms with Crippen molar-refractivity contribution in [1.29, 1.82) is 0 Å². The molecule has 1 heterocycles. The van der Waals surface area contributed by atoms with Crippen molar-refractivity contribution in [3.63, 3.8) is 0 Å². The molecule has 0 bridgehead atoms. The molecule has 0 saturated heterocycles. The molecular weight excluding hydrogens is 400 g/mol. The van der Waals surface area contributed by atoms with Gasteiger partial charge in [-0.05, 0) is 44.2 Å². The number of nitrogens with zero attached hydrogens (tertiary/aromatic N) is 2. The molecule has 9 heteroatoms. The molecule has 1 aliphatic carbocycles. The third-order valence-electron chi connectivity index (χ3n) is 5.28. The Hall–Kier alpha value is -1.71. The summed E-state index contributed by atoms with van der Waals surface area (Å²) in [4.78, 5) is 6.77. The van der Waals surface area contributed by atoms with E-state index in [1.54, 1.807) is 18.4 Å². The lowest BCUT2D eigenvalue weighted by molar-refractivity contribution is 0.185. The van der Waals surface area contributed by atoms with Crippen LogP contribution in [0, 0.1) is 0 Å². The Morgan fingerprint density at radius 1 is 1.07 bits per heavy atom. The highest BCUT2D eigenvalue weighted by atomic mass is 32.2. The maximum Gasteiger partial charge on any atom is 0.226 e. The van der Waals surface area contributed by atoms with E-state index in [9.17, 15) is 16.8 Å². The highest BCUT2D eigenvalue weighted by Gasteiger charge is 2.35. The minimum atomic E-state index is -3.25. The van der Waals surface area contributed by atoms with Crippen molar-refractivity contribution in [3.8, 4) is 11.5 Å². The molecule has 154 valence electrons. The van der Waals surface area contributed by atoms with E-state index in [-0.39, 0.29) is 16.2 Å². The zero-order chi connectivity index (χ0) is 20.5. The van der Waals surface area contributed by atoms with Crippen molar-refractivity contribution in [2.75, 3.05) is 19.6 Å². The van der Waals surface area contributed by atoms with Crippen molar-refractivity contribution in [2.24, 2.45) is 0 Å². The third-order valence-corrected chi connectivity index (χ3v) is 8.05. The van der Waals surface area contributed by atoms with Crippen LogP contribution in [0.3, 0.4) is 0 Å². The van der Waals surface area contributed by atoms with Gasteiger partial charge in [0.2, 0.25) is 5.89 Å². The molecule has 1 aliphatic rings. The van der Waals surface area contributed by atoms with Gasteiger partial charge in [0, 0.05) is 30.7 Å². The van der Waals surface area contributed by atoms with Crippen molar-refractivity contribution in [3.05, 3.63) is 36.2 Å². The van der Waals surface area contributed by atoms with Crippen LogP contribution in [0.4, 0.5) is 0 Å². The highest BCUT2D eigenvalue weighted by molar-refractivity contribution is 7.91. The molecule has 1 aromatic carbocycles. The third kappa shape index (κ3) is 4.82. The Morgan fingerprint density at radius 3 is 2.32 bits per heavy atom. The van der Waals surface area contributed by atoms with E-state index in [0.29, 0.717) is 30.1 Å². The summed E-state index contributed by atoms with van der Waals surface area (Å²) in [7, 11) is -4.43. The fourth-order valence-electron chi connectivity index (χ4n) is 3.81. The van der Waals surface area contributed by atoms with E-state index < -0.39 is 19.7 Å². The molecule has 0 amide bonds. The number of oxazole rings is 1. The van der Waals surface area contributed by atoms with Crippen molar-refractivity contribution in [2.45, 2.75) is 48.4 Å². The summed E-state index contributed by atoms with van der Waals surface area (Å²) in [5.74, 6) is 0.409. The van der Waals surface area contributed by atoms with Gasteiger partial charge in [-0.1, -0.05) is 12.8 Å². The zero-order valence-corrected chi connectivity index (χ0v) is 18.0. The quantitative estimate of drug-likeness (QED) is 0.700. The van der Waals surface area contributed by atoms with Crippen molar-refractivity contribution < 1.29 is 21.3 Å². The summed E-state index contributed by atoms with van der Waals surface area (Å²) in [6.07, 6.45) is 7.57. The second-order valence-corrected chi connectivity index (χ2v) is 11.9. The molecule has 28 heavy (non-hydrogen) atoms. The molecule has 0 N–H and O–H groups in total. The average molecular weight is 427 g/mol. The smallest absolute Gasteiger partial charge is 0.226 e. The monoisotopic (exact) mass is 426 g/mol. The minimum absolute atomic E-state index is 0.0297. The van der Waals surface area contributed by atoms with E-state index in [1.165, 1.54) is 18.4 Å². The second-order valence-electron chi connectivity index (χ2n) is 7.58. The van der Waals surface area contributed by atoms with E-state index in [4.69, 9.17) is 4.42 Å². The molecule has 0 spiro atoms. The number of hydrogen-bond acceptors (Lipinski definition) is 7. The van der Waals surface area contributed by atoms with E-state index in [0.717, 1.165) is 25.5 Å².